The van der Waals surface area contributed by atoms with Crippen molar-refractivity contribution in [1.82, 2.24) is 0 Å². The molecular formula is C20H18ClNO7S2. The molecule has 3 aromatic carbocycles. The van der Waals surface area contributed by atoms with E-state index in [1.165, 1.54) is 36.4 Å². The fourth-order valence-corrected chi connectivity index (χ4v) is 5.30. The van der Waals surface area contributed by atoms with Crippen molar-refractivity contribution >= 4 is 53.9 Å². The lowest BCUT2D eigenvalue weighted by Crippen LogP contribution is -2.14. The molecule has 0 atom stereocenters. The number of hydrogen-bond donors (Lipinski definition) is 3. The molecule has 3 N–H and O–H groups in total. The molecule has 11 heteroatoms. The molecule has 0 aliphatic heterocycles. The third-order valence-electron chi connectivity index (χ3n) is 4.43. The average Bonchev–Trinajstić information content (AvgIpc) is 2.67. The molecular weight excluding hydrogens is 466 g/mol. The summed E-state index contributed by atoms with van der Waals surface area (Å²) in [6.45, 7) is 0. The van der Waals surface area contributed by atoms with E-state index in [2.05, 4.69) is 5.32 Å². The number of carbonyl (C=O) groups excluding carboxylic acids is 1. The predicted octanol–water partition coefficient (Wildman–Crippen LogP) is 3.20. The van der Waals surface area contributed by atoms with E-state index in [0.717, 1.165) is 6.07 Å². The van der Waals surface area contributed by atoms with Crippen LogP contribution in [0.2, 0.25) is 0 Å². The van der Waals surface area contributed by atoms with E-state index in [1.54, 1.807) is 12.1 Å². The van der Waals surface area contributed by atoms with Gasteiger partial charge in [-0.25, -0.2) is 8.42 Å². The molecule has 0 aliphatic rings. The van der Waals surface area contributed by atoms with Crippen LogP contribution in [-0.4, -0.2) is 44.0 Å². The lowest BCUT2D eigenvalue weighted by atomic mass is 10.1. The summed E-state index contributed by atoms with van der Waals surface area (Å²) in [4.78, 5) is 12.2. The van der Waals surface area contributed by atoms with Gasteiger partial charge in [-0.05, 0) is 41.3 Å². The largest absolute Gasteiger partial charge is 0.507 e. The number of benzene rings is 3. The summed E-state index contributed by atoms with van der Waals surface area (Å²) >= 11 is 5.50. The van der Waals surface area contributed by atoms with Crippen LogP contribution in [0.4, 0.5) is 5.69 Å². The number of fused-ring (bicyclic) bond motifs is 1. The van der Waals surface area contributed by atoms with Gasteiger partial charge in [0.25, 0.3) is 16.0 Å². The van der Waals surface area contributed by atoms with E-state index in [9.17, 15) is 26.7 Å². The first-order valence-electron chi connectivity index (χ1n) is 8.89. The highest BCUT2D eigenvalue weighted by molar-refractivity contribution is 7.90. The first-order valence-corrected chi connectivity index (χ1v) is 12.7. The van der Waals surface area contributed by atoms with Gasteiger partial charge in [-0.3, -0.25) is 9.35 Å². The Morgan fingerprint density at radius 3 is 2.42 bits per heavy atom. The SMILES string of the molecule is O=C(Nc1ccc2cc(S(=O)(=O)O)cc(O)c2c1)c1cccc(CS(=O)(=O)CCCl)c1. The summed E-state index contributed by atoms with van der Waals surface area (Å²) in [7, 11) is -7.86. The fraction of sp³-hybridized carbons (Fsp3) is 0.150. The number of amides is 1. The maximum atomic E-state index is 12.6. The van der Waals surface area contributed by atoms with E-state index in [1.807, 2.05) is 0 Å². The zero-order chi connectivity index (χ0) is 22.8. The Balaban J connectivity index is 1.85. The van der Waals surface area contributed by atoms with Crippen LogP contribution in [0.3, 0.4) is 0 Å². The summed E-state index contributed by atoms with van der Waals surface area (Å²) < 4.78 is 55.6. The number of aromatic hydroxyl groups is 1. The number of carbonyl (C=O) groups is 1. The van der Waals surface area contributed by atoms with Crippen LogP contribution >= 0.6 is 11.6 Å². The minimum atomic E-state index is -4.48. The Kier molecular flexibility index (Phi) is 6.56. The molecule has 8 nitrogen and oxygen atoms in total. The van der Waals surface area contributed by atoms with Gasteiger partial charge in [-0.1, -0.05) is 18.2 Å². The summed E-state index contributed by atoms with van der Waals surface area (Å²) in [5.74, 6) is -1.29. The maximum Gasteiger partial charge on any atom is 0.294 e. The predicted molar refractivity (Wildman–Crippen MR) is 118 cm³/mol. The first-order chi connectivity index (χ1) is 14.5. The van der Waals surface area contributed by atoms with Crippen LogP contribution in [0.5, 0.6) is 5.75 Å². The molecule has 3 rings (SSSR count). The summed E-state index contributed by atoms with van der Waals surface area (Å²) in [6, 6.07) is 12.7. The molecule has 0 heterocycles. The highest BCUT2D eigenvalue weighted by Gasteiger charge is 2.15. The molecule has 0 aliphatic carbocycles. The minimum absolute atomic E-state index is 0.0109. The second-order valence-corrected chi connectivity index (χ2v) is 10.8. The minimum Gasteiger partial charge on any atom is -0.507 e. The van der Waals surface area contributed by atoms with Gasteiger partial charge in [0.1, 0.15) is 5.75 Å². The number of nitrogens with one attached hydrogen (secondary N) is 1. The van der Waals surface area contributed by atoms with Crippen molar-refractivity contribution in [3.8, 4) is 5.75 Å². The normalized spacial score (nSPS) is 12.1. The van der Waals surface area contributed by atoms with Gasteiger partial charge >= 0.3 is 0 Å². The number of halogens is 1. The number of hydrogen-bond acceptors (Lipinski definition) is 6. The molecule has 0 saturated carbocycles. The van der Waals surface area contributed by atoms with Crippen LogP contribution in [0, 0.1) is 0 Å². The van der Waals surface area contributed by atoms with Crippen LogP contribution in [0.25, 0.3) is 10.8 Å². The van der Waals surface area contributed by atoms with Crippen molar-refractivity contribution in [1.29, 1.82) is 0 Å². The summed E-state index contributed by atoms with van der Waals surface area (Å²) in [5.41, 5.74) is 1.02. The Labute approximate surface area is 184 Å². The lowest BCUT2D eigenvalue weighted by molar-refractivity contribution is 0.102. The molecule has 164 valence electrons. The standard InChI is InChI=1S/C20H18ClNO7S2/c21-6-7-30(25,26)12-13-2-1-3-15(8-13)20(24)22-16-5-4-14-9-17(31(27,28)29)11-19(23)18(14)10-16/h1-5,8-11,23H,6-7,12H2,(H,22,24)(H,27,28,29). The Morgan fingerprint density at radius 1 is 1.00 bits per heavy atom. The zero-order valence-corrected chi connectivity index (χ0v) is 18.3. The number of anilines is 1. The highest BCUT2D eigenvalue weighted by atomic mass is 35.5. The number of sulfone groups is 1. The van der Waals surface area contributed by atoms with E-state index in [0.29, 0.717) is 16.6 Å². The molecule has 31 heavy (non-hydrogen) atoms. The van der Waals surface area contributed by atoms with Crippen molar-refractivity contribution in [3.63, 3.8) is 0 Å². The molecule has 0 aromatic heterocycles. The lowest BCUT2D eigenvalue weighted by Gasteiger charge is -2.10. The van der Waals surface area contributed by atoms with Crippen molar-refractivity contribution in [3.05, 3.63) is 65.7 Å². The monoisotopic (exact) mass is 483 g/mol. The van der Waals surface area contributed by atoms with Crippen LogP contribution < -0.4 is 5.32 Å². The highest BCUT2D eigenvalue weighted by Crippen LogP contribution is 2.31. The molecule has 3 aromatic rings. The quantitative estimate of drug-likeness (QED) is 0.346. The maximum absolute atomic E-state index is 12.6. The summed E-state index contributed by atoms with van der Waals surface area (Å²) in [6.07, 6.45) is 0. The molecule has 1 amide bonds. The number of phenols is 1. The van der Waals surface area contributed by atoms with Gasteiger partial charge < -0.3 is 10.4 Å². The Morgan fingerprint density at radius 2 is 1.74 bits per heavy atom. The van der Waals surface area contributed by atoms with E-state index in [4.69, 9.17) is 16.2 Å². The van der Waals surface area contributed by atoms with E-state index < -0.39 is 30.8 Å². The van der Waals surface area contributed by atoms with Gasteiger partial charge in [-0.2, -0.15) is 8.42 Å². The topological polar surface area (TPSA) is 138 Å². The molecule has 0 bridgehead atoms. The van der Waals surface area contributed by atoms with Crippen LogP contribution in [0.15, 0.2) is 59.5 Å². The van der Waals surface area contributed by atoms with Crippen molar-refractivity contribution < 1.29 is 31.3 Å². The molecule has 0 saturated heterocycles. The fourth-order valence-electron chi connectivity index (χ4n) is 2.99. The number of phenolic OH excluding ortho intramolecular Hbond substituents is 1. The second kappa shape index (κ2) is 8.83. The second-order valence-electron chi connectivity index (χ2n) is 6.79. The smallest absolute Gasteiger partial charge is 0.294 e. The van der Waals surface area contributed by atoms with Gasteiger partial charge in [0.15, 0.2) is 9.84 Å². The van der Waals surface area contributed by atoms with E-state index >= 15 is 0 Å². The van der Waals surface area contributed by atoms with Gasteiger partial charge in [-0.15, -0.1) is 11.6 Å². The Bertz CT molecular complexity index is 1370. The van der Waals surface area contributed by atoms with Crippen LogP contribution in [0.1, 0.15) is 15.9 Å². The summed E-state index contributed by atoms with van der Waals surface area (Å²) in [5, 5.41) is 13.4. The first kappa shape index (κ1) is 23.0. The van der Waals surface area contributed by atoms with Gasteiger partial charge in [0, 0.05) is 28.6 Å². The molecule has 0 fully saturated rings. The number of rotatable bonds is 7. The van der Waals surface area contributed by atoms with Crippen molar-refractivity contribution in [2.24, 2.45) is 0 Å². The van der Waals surface area contributed by atoms with Gasteiger partial charge in [0.05, 0.1) is 16.4 Å². The van der Waals surface area contributed by atoms with Crippen molar-refractivity contribution in [2.75, 3.05) is 16.9 Å². The van der Waals surface area contributed by atoms with Crippen LogP contribution in [-0.2, 0) is 25.7 Å². The molecule has 0 unspecified atom stereocenters. The zero-order valence-electron chi connectivity index (χ0n) is 15.9. The number of alkyl halides is 1. The third-order valence-corrected chi connectivity index (χ3v) is 7.27. The van der Waals surface area contributed by atoms with E-state index in [-0.39, 0.29) is 34.1 Å². The van der Waals surface area contributed by atoms with Gasteiger partial charge in [0.2, 0.25) is 0 Å². The molecule has 0 spiro atoms. The van der Waals surface area contributed by atoms with Crippen molar-refractivity contribution in [2.45, 2.75) is 10.6 Å². The Hall–Kier alpha value is -2.66. The molecule has 0 radical (unpaired) electrons. The third kappa shape index (κ3) is 5.73. The average molecular weight is 484 g/mol.